The van der Waals surface area contributed by atoms with Gasteiger partial charge in [-0.2, -0.15) is 5.26 Å². The van der Waals surface area contributed by atoms with Crippen LogP contribution in [0.4, 0.5) is 10.1 Å². The van der Waals surface area contributed by atoms with Gasteiger partial charge in [-0.1, -0.05) is 28.1 Å². The normalized spacial score (nSPS) is 11.0. The summed E-state index contributed by atoms with van der Waals surface area (Å²) in [6.07, 6.45) is 1.24. The monoisotopic (exact) mass is 372 g/mol. The lowest BCUT2D eigenvalue weighted by molar-refractivity contribution is -0.112. The molecular formula is C18H14BrFN2O. The van der Waals surface area contributed by atoms with Gasteiger partial charge in [0.25, 0.3) is 5.91 Å². The molecule has 0 saturated heterocycles. The van der Waals surface area contributed by atoms with Crippen molar-refractivity contribution in [3.8, 4) is 6.07 Å². The van der Waals surface area contributed by atoms with Crippen molar-refractivity contribution >= 4 is 33.6 Å². The van der Waals surface area contributed by atoms with E-state index in [9.17, 15) is 14.4 Å². The largest absolute Gasteiger partial charge is 0.321 e. The van der Waals surface area contributed by atoms with Crippen molar-refractivity contribution in [3.63, 3.8) is 0 Å². The molecule has 0 bridgehead atoms. The van der Waals surface area contributed by atoms with Gasteiger partial charge in [0, 0.05) is 15.7 Å². The maximum atomic E-state index is 13.8. The summed E-state index contributed by atoms with van der Waals surface area (Å²) in [5.74, 6) is -1.07. The van der Waals surface area contributed by atoms with Crippen molar-refractivity contribution in [2.45, 2.75) is 13.8 Å². The SMILES string of the molecule is Cc1ccc(C)c(NC(=O)/C(C#N)=C/c2cc(Br)ccc2F)c1. The van der Waals surface area contributed by atoms with Crippen molar-refractivity contribution in [2.75, 3.05) is 5.32 Å². The zero-order chi connectivity index (χ0) is 17.0. The van der Waals surface area contributed by atoms with Gasteiger partial charge < -0.3 is 5.32 Å². The van der Waals surface area contributed by atoms with E-state index in [0.29, 0.717) is 10.2 Å². The molecule has 2 rings (SSSR count). The lowest BCUT2D eigenvalue weighted by Crippen LogP contribution is -2.14. The maximum Gasteiger partial charge on any atom is 0.266 e. The molecule has 0 aliphatic carbocycles. The smallest absolute Gasteiger partial charge is 0.266 e. The Morgan fingerprint density at radius 1 is 1.26 bits per heavy atom. The number of nitrogens with zero attached hydrogens (tertiary/aromatic N) is 1. The number of aryl methyl sites for hydroxylation is 2. The molecule has 0 aromatic heterocycles. The fraction of sp³-hybridized carbons (Fsp3) is 0.111. The van der Waals surface area contributed by atoms with Crippen LogP contribution in [-0.4, -0.2) is 5.91 Å². The van der Waals surface area contributed by atoms with Crippen LogP contribution >= 0.6 is 15.9 Å². The number of carbonyl (C=O) groups is 1. The minimum Gasteiger partial charge on any atom is -0.321 e. The molecule has 3 nitrogen and oxygen atoms in total. The molecule has 2 aromatic rings. The molecule has 0 saturated carbocycles. The Balaban J connectivity index is 2.32. The number of hydrogen-bond donors (Lipinski definition) is 1. The number of carbonyl (C=O) groups excluding carboxylic acids is 1. The van der Waals surface area contributed by atoms with Crippen molar-refractivity contribution in [1.82, 2.24) is 0 Å². The lowest BCUT2D eigenvalue weighted by atomic mass is 10.1. The van der Waals surface area contributed by atoms with Gasteiger partial charge in [0.1, 0.15) is 17.5 Å². The second-order valence-corrected chi connectivity index (χ2v) is 6.02. The first kappa shape index (κ1) is 16.9. The standard InChI is InChI=1S/C18H14BrFN2O/c1-11-3-4-12(2)17(7-11)22-18(23)14(10-21)8-13-9-15(19)5-6-16(13)20/h3-9H,1-2H3,(H,22,23)/b14-8+. The Labute approximate surface area is 142 Å². The predicted octanol–water partition coefficient (Wildman–Crippen LogP) is 4.75. The van der Waals surface area contributed by atoms with Crippen LogP contribution in [-0.2, 0) is 4.79 Å². The predicted molar refractivity (Wildman–Crippen MR) is 92.2 cm³/mol. The maximum absolute atomic E-state index is 13.8. The average Bonchev–Trinajstić information content (AvgIpc) is 2.51. The van der Waals surface area contributed by atoms with Gasteiger partial charge in [-0.05, 0) is 55.3 Å². The third kappa shape index (κ3) is 4.27. The molecule has 5 heteroatoms. The van der Waals surface area contributed by atoms with E-state index in [4.69, 9.17) is 0 Å². The lowest BCUT2D eigenvalue weighted by Gasteiger charge is -2.09. The van der Waals surface area contributed by atoms with E-state index in [1.807, 2.05) is 38.1 Å². The molecule has 0 unspecified atom stereocenters. The van der Waals surface area contributed by atoms with Crippen molar-refractivity contribution in [3.05, 3.63) is 69.0 Å². The highest BCUT2D eigenvalue weighted by atomic mass is 79.9. The van der Waals surface area contributed by atoms with Gasteiger partial charge >= 0.3 is 0 Å². The number of amides is 1. The second-order valence-electron chi connectivity index (χ2n) is 5.11. The highest BCUT2D eigenvalue weighted by Crippen LogP contribution is 2.20. The Bertz CT molecular complexity index is 837. The molecule has 23 heavy (non-hydrogen) atoms. The summed E-state index contributed by atoms with van der Waals surface area (Å²) in [6.45, 7) is 3.77. The quantitative estimate of drug-likeness (QED) is 0.624. The van der Waals surface area contributed by atoms with E-state index < -0.39 is 11.7 Å². The van der Waals surface area contributed by atoms with Gasteiger partial charge in [-0.15, -0.1) is 0 Å². The van der Waals surface area contributed by atoms with Crippen LogP contribution in [0.25, 0.3) is 6.08 Å². The van der Waals surface area contributed by atoms with Crippen molar-refractivity contribution in [2.24, 2.45) is 0 Å². The number of hydrogen-bond acceptors (Lipinski definition) is 2. The summed E-state index contributed by atoms with van der Waals surface area (Å²) >= 11 is 3.24. The third-order valence-corrected chi connectivity index (χ3v) is 3.76. The van der Waals surface area contributed by atoms with E-state index >= 15 is 0 Å². The highest BCUT2D eigenvalue weighted by molar-refractivity contribution is 9.10. The van der Waals surface area contributed by atoms with Crippen molar-refractivity contribution < 1.29 is 9.18 Å². The van der Waals surface area contributed by atoms with Gasteiger partial charge in [0.05, 0.1) is 0 Å². The fourth-order valence-electron chi connectivity index (χ4n) is 1.99. The van der Waals surface area contributed by atoms with Gasteiger partial charge in [0.2, 0.25) is 0 Å². The van der Waals surface area contributed by atoms with E-state index in [2.05, 4.69) is 21.2 Å². The number of halogens is 2. The number of rotatable bonds is 3. The molecule has 0 spiro atoms. The molecule has 0 fully saturated rings. The molecule has 0 radical (unpaired) electrons. The molecule has 0 heterocycles. The van der Waals surface area contributed by atoms with Crippen LogP contribution in [0, 0.1) is 31.0 Å². The van der Waals surface area contributed by atoms with Gasteiger partial charge in [-0.25, -0.2) is 4.39 Å². The van der Waals surface area contributed by atoms with E-state index in [-0.39, 0.29) is 11.1 Å². The first-order valence-electron chi connectivity index (χ1n) is 6.86. The van der Waals surface area contributed by atoms with Crippen LogP contribution in [0.2, 0.25) is 0 Å². The number of nitriles is 1. The third-order valence-electron chi connectivity index (χ3n) is 3.26. The highest BCUT2D eigenvalue weighted by Gasteiger charge is 2.12. The summed E-state index contributed by atoms with van der Waals surface area (Å²) in [5, 5.41) is 11.9. The van der Waals surface area contributed by atoms with Gasteiger partial charge in [0.15, 0.2) is 0 Å². The first-order chi connectivity index (χ1) is 10.9. The van der Waals surface area contributed by atoms with Crippen molar-refractivity contribution in [1.29, 1.82) is 5.26 Å². The number of anilines is 1. The molecule has 1 N–H and O–H groups in total. The minimum absolute atomic E-state index is 0.164. The summed E-state index contributed by atoms with van der Waals surface area (Å²) in [5.41, 5.74) is 2.52. The summed E-state index contributed by atoms with van der Waals surface area (Å²) in [4.78, 5) is 12.3. The Kier molecular flexibility index (Phi) is 5.30. The zero-order valence-electron chi connectivity index (χ0n) is 12.7. The molecule has 0 aliphatic heterocycles. The Morgan fingerprint density at radius 2 is 2.00 bits per heavy atom. The van der Waals surface area contributed by atoms with Crippen LogP contribution in [0.1, 0.15) is 16.7 Å². The van der Waals surface area contributed by atoms with Crippen LogP contribution in [0.5, 0.6) is 0 Å². The summed E-state index contributed by atoms with van der Waals surface area (Å²) in [7, 11) is 0. The minimum atomic E-state index is -0.569. The molecule has 116 valence electrons. The topological polar surface area (TPSA) is 52.9 Å². The second kappa shape index (κ2) is 7.21. The number of nitrogens with one attached hydrogen (secondary N) is 1. The van der Waals surface area contributed by atoms with E-state index in [1.54, 1.807) is 6.07 Å². The van der Waals surface area contributed by atoms with Crippen LogP contribution < -0.4 is 5.32 Å². The molecule has 0 aliphatic rings. The van der Waals surface area contributed by atoms with Gasteiger partial charge in [-0.3, -0.25) is 4.79 Å². The van der Waals surface area contributed by atoms with E-state index in [0.717, 1.165) is 11.1 Å². The summed E-state index contributed by atoms with van der Waals surface area (Å²) < 4.78 is 14.4. The van der Waals surface area contributed by atoms with Crippen LogP contribution in [0.3, 0.4) is 0 Å². The molecule has 2 aromatic carbocycles. The number of benzene rings is 2. The average molecular weight is 373 g/mol. The molecule has 0 atom stereocenters. The van der Waals surface area contributed by atoms with Crippen LogP contribution in [0.15, 0.2) is 46.4 Å². The Morgan fingerprint density at radius 3 is 2.70 bits per heavy atom. The van der Waals surface area contributed by atoms with E-state index in [1.165, 1.54) is 18.2 Å². The zero-order valence-corrected chi connectivity index (χ0v) is 14.2. The molecule has 1 amide bonds. The first-order valence-corrected chi connectivity index (χ1v) is 7.65. The fourth-order valence-corrected chi connectivity index (χ4v) is 2.37. The Hall–Kier alpha value is -2.45. The molecular weight excluding hydrogens is 359 g/mol. The summed E-state index contributed by atoms with van der Waals surface area (Å²) in [6, 6.07) is 11.8.